The molecule has 0 fully saturated rings. The van der Waals surface area contributed by atoms with E-state index in [0.29, 0.717) is 0 Å². The van der Waals surface area contributed by atoms with Crippen molar-refractivity contribution in [2.75, 3.05) is 4.90 Å². The van der Waals surface area contributed by atoms with Crippen LogP contribution in [0.1, 0.15) is 0 Å². The molecule has 296 valence electrons. The maximum atomic E-state index is 6.58. The van der Waals surface area contributed by atoms with E-state index in [1.165, 1.54) is 11.1 Å². The second-order valence-corrected chi connectivity index (χ2v) is 16.0. The molecule has 0 aliphatic rings. The minimum absolute atomic E-state index is 0.884. The molecule has 0 saturated heterocycles. The van der Waals surface area contributed by atoms with Crippen LogP contribution in [-0.2, 0) is 0 Å². The summed E-state index contributed by atoms with van der Waals surface area (Å²) in [5.41, 5.74) is 18.0. The van der Waals surface area contributed by atoms with Crippen LogP contribution in [0, 0.1) is 0 Å². The van der Waals surface area contributed by atoms with Gasteiger partial charge in [0.15, 0.2) is 0 Å². The summed E-state index contributed by atoms with van der Waals surface area (Å²) in [7, 11) is 0. The van der Waals surface area contributed by atoms with Crippen molar-refractivity contribution in [1.29, 1.82) is 0 Å². The molecule has 12 aromatic rings. The Hall–Kier alpha value is -8.40. The normalized spacial score (nSPS) is 11.5. The van der Waals surface area contributed by atoms with E-state index < -0.39 is 0 Å². The molecule has 2 heterocycles. The first-order valence-corrected chi connectivity index (χ1v) is 21.4. The SMILES string of the molecule is c1ccc(-c2ccccc2-c2c(-c3ccccc3)cccc2N(c2ccc(-c3ccc4c(c3)oc3ccccc34)cc2)c2cccc(-c3cccc4c3oc3ccccc34)c2)cc1. The number of anilines is 3. The van der Waals surface area contributed by atoms with Gasteiger partial charge in [-0.2, -0.15) is 0 Å². The van der Waals surface area contributed by atoms with Crippen LogP contribution in [0.5, 0.6) is 0 Å². The molecule has 0 atom stereocenters. The van der Waals surface area contributed by atoms with Gasteiger partial charge in [-0.1, -0.05) is 182 Å². The van der Waals surface area contributed by atoms with Crippen molar-refractivity contribution in [3.8, 4) is 55.6 Å². The molecule has 0 unspecified atom stereocenters. The fourth-order valence-electron chi connectivity index (χ4n) is 9.36. The van der Waals surface area contributed by atoms with Crippen LogP contribution in [0.4, 0.5) is 17.1 Å². The Morgan fingerprint density at radius 1 is 0.270 bits per heavy atom. The van der Waals surface area contributed by atoms with Crippen LogP contribution < -0.4 is 4.90 Å². The second-order valence-electron chi connectivity index (χ2n) is 16.0. The first-order chi connectivity index (χ1) is 31.2. The van der Waals surface area contributed by atoms with Crippen LogP contribution in [0.3, 0.4) is 0 Å². The zero-order valence-corrected chi connectivity index (χ0v) is 34.3. The maximum absolute atomic E-state index is 6.58. The molecular weight excluding hydrogens is 767 g/mol. The van der Waals surface area contributed by atoms with Crippen molar-refractivity contribution in [3.05, 3.63) is 237 Å². The molecule has 0 saturated carbocycles. The van der Waals surface area contributed by atoms with Gasteiger partial charge in [0.1, 0.15) is 22.3 Å². The Labute approximate surface area is 365 Å². The van der Waals surface area contributed by atoms with Gasteiger partial charge >= 0.3 is 0 Å². The van der Waals surface area contributed by atoms with E-state index in [4.69, 9.17) is 8.83 Å². The third kappa shape index (κ3) is 6.38. The van der Waals surface area contributed by atoms with Gasteiger partial charge < -0.3 is 13.7 Å². The van der Waals surface area contributed by atoms with E-state index in [0.717, 1.165) is 105 Å². The quantitative estimate of drug-likeness (QED) is 0.153. The van der Waals surface area contributed by atoms with Gasteiger partial charge in [0.2, 0.25) is 0 Å². The molecule has 0 radical (unpaired) electrons. The molecule has 0 aliphatic carbocycles. The standard InChI is InChI=1S/C60H39NO2/c1-3-16-41(17-4-1)47-22-7-8-25-53(47)59-48(42-18-5-2-6-19-42)26-15-29-55(59)61(45-35-32-40(33-36-45)43-34-37-52-50-23-9-11-30-56(50)62-58(52)39-43)46-21-13-20-44(38-46)49-27-14-28-54-51-24-10-12-31-57(51)63-60(49)54/h1-39H. The lowest BCUT2D eigenvalue weighted by molar-refractivity contribution is 0.669. The van der Waals surface area contributed by atoms with E-state index in [1.807, 2.05) is 24.3 Å². The van der Waals surface area contributed by atoms with Crippen molar-refractivity contribution >= 4 is 60.9 Å². The molecule has 63 heavy (non-hydrogen) atoms. The number of fused-ring (bicyclic) bond motifs is 6. The maximum Gasteiger partial charge on any atom is 0.143 e. The summed E-state index contributed by atoms with van der Waals surface area (Å²) >= 11 is 0. The Morgan fingerprint density at radius 2 is 0.810 bits per heavy atom. The topological polar surface area (TPSA) is 29.5 Å². The highest BCUT2D eigenvalue weighted by Crippen LogP contribution is 2.49. The Bertz CT molecular complexity index is 3620. The van der Waals surface area contributed by atoms with Crippen molar-refractivity contribution in [2.24, 2.45) is 0 Å². The van der Waals surface area contributed by atoms with Crippen molar-refractivity contribution < 1.29 is 8.83 Å². The highest BCUT2D eigenvalue weighted by atomic mass is 16.3. The van der Waals surface area contributed by atoms with Gasteiger partial charge in [0.25, 0.3) is 0 Å². The summed E-state index contributed by atoms with van der Waals surface area (Å²) in [5.74, 6) is 0. The Morgan fingerprint density at radius 3 is 1.59 bits per heavy atom. The molecule has 0 spiro atoms. The summed E-state index contributed by atoms with van der Waals surface area (Å²) in [6, 6.07) is 84.3. The smallest absolute Gasteiger partial charge is 0.143 e. The summed E-state index contributed by atoms with van der Waals surface area (Å²) in [5, 5.41) is 4.48. The minimum atomic E-state index is 0.884. The molecule has 2 aromatic heterocycles. The highest BCUT2D eigenvalue weighted by molar-refractivity contribution is 6.10. The summed E-state index contributed by atoms with van der Waals surface area (Å²) < 4.78 is 12.9. The lowest BCUT2D eigenvalue weighted by Crippen LogP contribution is -2.12. The zero-order chi connectivity index (χ0) is 41.7. The fourth-order valence-corrected chi connectivity index (χ4v) is 9.36. The summed E-state index contributed by atoms with van der Waals surface area (Å²) in [6.45, 7) is 0. The predicted octanol–water partition coefficient (Wildman–Crippen LogP) is 17.3. The van der Waals surface area contributed by atoms with E-state index in [9.17, 15) is 0 Å². The van der Waals surface area contributed by atoms with Crippen molar-refractivity contribution in [3.63, 3.8) is 0 Å². The van der Waals surface area contributed by atoms with Crippen LogP contribution >= 0.6 is 0 Å². The summed E-state index contributed by atoms with van der Waals surface area (Å²) in [4.78, 5) is 2.41. The van der Waals surface area contributed by atoms with E-state index >= 15 is 0 Å². The minimum Gasteiger partial charge on any atom is -0.456 e. The molecule has 3 nitrogen and oxygen atoms in total. The lowest BCUT2D eigenvalue weighted by Gasteiger charge is -2.30. The van der Waals surface area contributed by atoms with Crippen LogP contribution in [-0.4, -0.2) is 0 Å². The number of furan rings is 2. The molecular formula is C60H39NO2. The van der Waals surface area contributed by atoms with Gasteiger partial charge in [-0.3, -0.25) is 0 Å². The molecule has 0 amide bonds. The zero-order valence-electron chi connectivity index (χ0n) is 34.3. The van der Waals surface area contributed by atoms with Crippen molar-refractivity contribution in [1.82, 2.24) is 0 Å². The van der Waals surface area contributed by atoms with Crippen LogP contribution in [0.25, 0.3) is 99.5 Å². The molecule has 10 aromatic carbocycles. The predicted molar refractivity (Wildman–Crippen MR) is 263 cm³/mol. The van der Waals surface area contributed by atoms with Gasteiger partial charge in [-0.25, -0.2) is 0 Å². The Kier molecular flexibility index (Phi) is 8.83. The number of nitrogens with zero attached hydrogens (tertiary/aromatic N) is 1. The third-order valence-electron chi connectivity index (χ3n) is 12.3. The van der Waals surface area contributed by atoms with Gasteiger partial charge in [-0.15, -0.1) is 0 Å². The number of benzene rings is 10. The van der Waals surface area contributed by atoms with Gasteiger partial charge in [0, 0.05) is 44.0 Å². The molecule has 3 heteroatoms. The largest absolute Gasteiger partial charge is 0.456 e. The summed E-state index contributed by atoms with van der Waals surface area (Å²) in [6.07, 6.45) is 0. The van der Waals surface area contributed by atoms with E-state index in [-0.39, 0.29) is 0 Å². The van der Waals surface area contributed by atoms with E-state index in [2.05, 4.69) is 217 Å². The average molecular weight is 806 g/mol. The van der Waals surface area contributed by atoms with Gasteiger partial charge in [-0.05, 0) is 99.1 Å². The first kappa shape index (κ1) is 36.5. The van der Waals surface area contributed by atoms with E-state index in [1.54, 1.807) is 0 Å². The molecule has 0 N–H and O–H groups in total. The second kappa shape index (κ2) is 15.3. The monoisotopic (exact) mass is 805 g/mol. The number of para-hydroxylation sites is 3. The molecule has 0 aliphatic heterocycles. The van der Waals surface area contributed by atoms with Gasteiger partial charge in [0.05, 0.1) is 5.69 Å². The molecule has 12 rings (SSSR count). The fraction of sp³-hybridized carbons (Fsp3) is 0. The van der Waals surface area contributed by atoms with Crippen molar-refractivity contribution in [2.45, 2.75) is 0 Å². The van der Waals surface area contributed by atoms with Crippen LogP contribution in [0.2, 0.25) is 0 Å². The third-order valence-corrected chi connectivity index (χ3v) is 12.3. The highest BCUT2D eigenvalue weighted by Gasteiger charge is 2.24. The molecule has 0 bridgehead atoms. The number of rotatable bonds is 8. The van der Waals surface area contributed by atoms with Crippen LogP contribution in [0.15, 0.2) is 245 Å². The Balaban J connectivity index is 1.08. The number of hydrogen-bond acceptors (Lipinski definition) is 3. The average Bonchev–Trinajstić information content (AvgIpc) is 3.93. The lowest BCUT2D eigenvalue weighted by atomic mass is 9.87. The first-order valence-electron chi connectivity index (χ1n) is 21.4. The number of hydrogen-bond donors (Lipinski definition) is 0.